The van der Waals surface area contributed by atoms with Gasteiger partial charge in [-0.15, -0.1) is 10.2 Å². The zero-order valence-corrected chi connectivity index (χ0v) is 20.3. The van der Waals surface area contributed by atoms with Gasteiger partial charge in [0.2, 0.25) is 21.1 Å². The summed E-state index contributed by atoms with van der Waals surface area (Å²) in [5, 5.41) is 10.4. The van der Waals surface area contributed by atoms with Crippen LogP contribution in [0.2, 0.25) is 0 Å². The van der Waals surface area contributed by atoms with Gasteiger partial charge in [0.1, 0.15) is 0 Å². The molecule has 5 rings (SSSR count). The maximum absolute atomic E-state index is 13.2. The number of carbonyl (C=O) groups excluding carboxylic acids is 1. The van der Waals surface area contributed by atoms with Crippen LogP contribution in [-0.2, 0) is 14.8 Å². The van der Waals surface area contributed by atoms with Gasteiger partial charge in [-0.3, -0.25) is 9.78 Å². The molecule has 2 aromatic carbocycles. The fourth-order valence-corrected chi connectivity index (χ4v) is 6.16. The summed E-state index contributed by atoms with van der Waals surface area (Å²) in [5.74, 6) is 6.58. The smallest absolute Gasteiger partial charge is 0.243 e. The van der Waals surface area contributed by atoms with E-state index < -0.39 is 10.0 Å². The van der Waals surface area contributed by atoms with Crippen molar-refractivity contribution in [1.29, 1.82) is 0 Å². The number of pyridine rings is 1. The highest BCUT2D eigenvalue weighted by molar-refractivity contribution is 7.99. The third-order valence-electron chi connectivity index (χ3n) is 5.86. The minimum atomic E-state index is -3.64. The molecule has 1 aliphatic rings. The summed E-state index contributed by atoms with van der Waals surface area (Å²) < 4.78 is 29.1. The highest BCUT2D eigenvalue weighted by Crippen LogP contribution is 2.24. The molecule has 4 aromatic rings. The summed E-state index contributed by atoms with van der Waals surface area (Å²) in [5.41, 5.74) is 0.726. The molecule has 180 valence electrons. The quantitative estimate of drug-likeness (QED) is 0.308. The molecule has 35 heavy (non-hydrogen) atoms. The molecule has 3 heterocycles. The second-order valence-corrected chi connectivity index (χ2v) is 10.9. The fourth-order valence-electron chi connectivity index (χ4n) is 3.94. The second-order valence-electron chi connectivity index (χ2n) is 8.00. The lowest BCUT2D eigenvalue weighted by Gasteiger charge is -2.34. The molecule has 0 atom stereocenters. The van der Waals surface area contributed by atoms with Crippen molar-refractivity contribution in [2.24, 2.45) is 0 Å². The van der Waals surface area contributed by atoms with Gasteiger partial charge in [0.25, 0.3) is 0 Å². The van der Waals surface area contributed by atoms with Gasteiger partial charge in [0, 0.05) is 44.1 Å². The summed E-state index contributed by atoms with van der Waals surface area (Å²) in [6, 6.07) is 16.4. The normalized spacial score (nSPS) is 14.9. The molecule has 10 nitrogen and oxygen atoms in total. The van der Waals surface area contributed by atoms with Crippen molar-refractivity contribution in [3.05, 3.63) is 67.0 Å². The molecule has 12 heteroatoms. The molecule has 0 saturated carbocycles. The number of sulfonamides is 1. The van der Waals surface area contributed by atoms with E-state index in [1.165, 1.54) is 20.7 Å². The molecule has 1 fully saturated rings. The number of hydrogen-bond donors (Lipinski definition) is 1. The monoisotopic (exact) mass is 509 g/mol. The van der Waals surface area contributed by atoms with Gasteiger partial charge >= 0.3 is 0 Å². The lowest BCUT2D eigenvalue weighted by atomic mass is 10.1. The number of nitrogens with zero attached hydrogens (tertiary/aromatic N) is 6. The van der Waals surface area contributed by atoms with Crippen LogP contribution in [0.15, 0.2) is 77.0 Å². The van der Waals surface area contributed by atoms with Crippen LogP contribution in [0.1, 0.15) is 0 Å². The Morgan fingerprint density at radius 1 is 0.971 bits per heavy atom. The zero-order valence-electron chi connectivity index (χ0n) is 18.7. The summed E-state index contributed by atoms with van der Waals surface area (Å²) in [7, 11) is -3.64. The molecule has 2 aromatic heterocycles. The standard InChI is InChI=1S/C23H23N7O3S2/c24-30-22(19-6-3-9-25-15-19)26-27-23(30)34-16-21(31)28-10-12-29(13-11-28)35(32,33)20-8-7-17-4-1-2-5-18(17)14-20/h1-9,14-15H,10-13,16,24H2. The van der Waals surface area contributed by atoms with Gasteiger partial charge in [-0.2, -0.15) is 4.31 Å². The first-order valence-corrected chi connectivity index (χ1v) is 13.4. The number of fused-ring (bicyclic) bond motifs is 1. The Bertz CT molecular complexity index is 1470. The molecule has 0 unspecified atom stereocenters. The van der Waals surface area contributed by atoms with Gasteiger partial charge in [0.05, 0.1) is 10.6 Å². The van der Waals surface area contributed by atoms with Crippen LogP contribution < -0.4 is 5.84 Å². The fraction of sp³-hybridized carbons (Fsp3) is 0.217. The zero-order chi connectivity index (χ0) is 24.4. The maximum Gasteiger partial charge on any atom is 0.243 e. The summed E-state index contributed by atoms with van der Waals surface area (Å²) in [6.07, 6.45) is 3.29. The average Bonchev–Trinajstić information content (AvgIpc) is 3.27. The third kappa shape index (κ3) is 4.72. The number of aromatic nitrogens is 4. The number of piperazine rings is 1. The first-order valence-electron chi connectivity index (χ1n) is 10.9. The topological polar surface area (TPSA) is 127 Å². The Hall–Kier alpha value is -3.48. The first-order chi connectivity index (χ1) is 16.9. The molecule has 0 spiro atoms. The Kier molecular flexibility index (Phi) is 6.41. The SMILES string of the molecule is Nn1c(SCC(=O)N2CCN(S(=O)(=O)c3ccc4ccccc4c3)CC2)nnc1-c1cccnc1. The van der Waals surface area contributed by atoms with Gasteiger partial charge in [-0.1, -0.05) is 42.1 Å². The van der Waals surface area contributed by atoms with Crippen molar-refractivity contribution < 1.29 is 13.2 Å². The minimum absolute atomic E-state index is 0.108. The van der Waals surface area contributed by atoms with Crippen molar-refractivity contribution in [2.75, 3.05) is 37.8 Å². The van der Waals surface area contributed by atoms with Crippen molar-refractivity contribution in [3.63, 3.8) is 0 Å². The van der Waals surface area contributed by atoms with Crippen molar-refractivity contribution >= 4 is 38.5 Å². The number of hydrogen-bond acceptors (Lipinski definition) is 8. The van der Waals surface area contributed by atoms with Crippen LogP contribution in [0, 0.1) is 0 Å². The Morgan fingerprint density at radius 3 is 2.49 bits per heavy atom. The summed E-state index contributed by atoms with van der Waals surface area (Å²) in [6.45, 7) is 1.12. The Morgan fingerprint density at radius 2 is 1.74 bits per heavy atom. The van der Waals surface area contributed by atoms with E-state index in [1.807, 2.05) is 36.4 Å². The van der Waals surface area contributed by atoms with E-state index >= 15 is 0 Å². The lowest BCUT2D eigenvalue weighted by molar-refractivity contribution is -0.129. The van der Waals surface area contributed by atoms with E-state index in [-0.39, 0.29) is 29.6 Å². The average molecular weight is 510 g/mol. The minimum Gasteiger partial charge on any atom is -0.339 e. The molecule has 1 aliphatic heterocycles. The number of nitrogens with two attached hydrogens (primary N) is 1. The van der Waals surface area contributed by atoms with E-state index in [0.717, 1.165) is 16.3 Å². The molecule has 0 radical (unpaired) electrons. The molecular formula is C23H23N7O3S2. The van der Waals surface area contributed by atoms with Crippen LogP contribution in [0.3, 0.4) is 0 Å². The molecule has 0 bridgehead atoms. The van der Waals surface area contributed by atoms with Crippen LogP contribution in [0.25, 0.3) is 22.2 Å². The summed E-state index contributed by atoms with van der Waals surface area (Å²) >= 11 is 1.19. The number of carbonyl (C=O) groups is 1. The Labute approximate surface area is 206 Å². The Balaban J connectivity index is 1.19. The van der Waals surface area contributed by atoms with Crippen molar-refractivity contribution in [3.8, 4) is 11.4 Å². The number of thioether (sulfide) groups is 1. The number of amides is 1. The second kappa shape index (κ2) is 9.64. The third-order valence-corrected chi connectivity index (χ3v) is 8.68. The van der Waals surface area contributed by atoms with Gasteiger partial charge in [-0.05, 0) is 35.0 Å². The van der Waals surface area contributed by atoms with Crippen LogP contribution in [-0.4, -0.2) is 75.3 Å². The van der Waals surface area contributed by atoms with Crippen molar-refractivity contribution in [1.82, 2.24) is 29.1 Å². The van der Waals surface area contributed by atoms with Crippen molar-refractivity contribution in [2.45, 2.75) is 10.1 Å². The number of nitrogen functional groups attached to an aromatic ring is 1. The predicted octanol–water partition coefficient (Wildman–Crippen LogP) is 1.83. The molecule has 1 saturated heterocycles. The van der Waals surface area contributed by atoms with Gasteiger partial charge in [-0.25, -0.2) is 13.1 Å². The molecular weight excluding hydrogens is 486 g/mol. The van der Waals surface area contributed by atoms with Gasteiger partial charge < -0.3 is 10.7 Å². The van der Waals surface area contributed by atoms with E-state index in [2.05, 4.69) is 15.2 Å². The largest absolute Gasteiger partial charge is 0.339 e. The first kappa shape index (κ1) is 23.3. The number of benzene rings is 2. The van der Waals surface area contributed by atoms with E-state index in [0.29, 0.717) is 24.1 Å². The maximum atomic E-state index is 13.2. The highest BCUT2D eigenvalue weighted by Gasteiger charge is 2.30. The summed E-state index contributed by atoms with van der Waals surface area (Å²) in [4.78, 5) is 18.7. The molecule has 2 N–H and O–H groups in total. The van der Waals surface area contributed by atoms with Crippen LogP contribution in [0.5, 0.6) is 0 Å². The lowest BCUT2D eigenvalue weighted by Crippen LogP contribution is -2.51. The van der Waals surface area contributed by atoms with Crippen LogP contribution >= 0.6 is 11.8 Å². The predicted molar refractivity (Wildman–Crippen MR) is 133 cm³/mol. The highest BCUT2D eigenvalue weighted by atomic mass is 32.2. The van der Waals surface area contributed by atoms with E-state index in [1.54, 1.807) is 35.5 Å². The van der Waals surface area contributed by atoms with E-state index in [4.69, 9.17) is 5.84 Å². The number of rotatable bonds is 6. The molecule has 1 amide bonds. The van der Waals surface area contributed by atoms with E-state index in [9.17, 15) is 13.2 Å². The molecule has 0 aliphatic carbocycles. The van der Waals surface area contributed by atoms with Gasteiger partial charge in [0.15, 0.2) is 5.82 Å². The van der Waals surface area contributed by atoms with Crippen LogP contribution in [0.4, 0.5) is 0 Å².